The van der Waals surface area contributed by atoms with Crippen molar-refractivity contribution >= 4 is 16.9 Å². The van der Waals surface area contributed by atoms with Gasteiger partial charge in [0.2, 0.25) is 0 Å². The normalized spacial score (nSPS) is 19.5. The van der Waals surface area contributed by atoms with Crippen molar-refractivity contribution in [3.63, 3.8) is 0 Å². The topological polar surface area (TPSA) is 56.1 Å². The lowest BCUT2D eigenvalue weighted by molar-refractivity contribution is 0.117. The number of nitrogens with zero attached hydrogens (tertiary/aromatic N) is 5. The van der Waals surface area contributed by atoms with Crippen molar-refractivity contribution < 1.29 is 4.74 Å². The Morgan fingerprint density at radius 1 is 1.42 bits per heavy atom. The quantitative estimate of drug-likeness (QED) is 0.828. The average Bonchev–Trinajstić information content (AvgIpc) is 3.04. The minimum atomic E-state index is 0.599. The molecule has 0 aliphatic carbocycles. The van der Waals surface area contributed by atoms with E-state index in [2.05, 4.69) is 20.0 Å². The molecule has 0 aromatic carbocycles. The molecule has 0 saturated carbocycles. The van der Waals surface area contributed by atoms with Crippen LogP contribution >= 0.6 is 0 Å². The standard InChI is InChI=1S/C13H19N5O/c1-3-19-8-10-4-5-18(7-10)13-11-6-16-17(2)12(11)14-9-15-13/h6,9-10H,3-5,7-8H2,1-2H3. The molecule has 0 bridgehead atoms. The molecule has 0 N–H and O–H groups in total. The molecule has 102 valence electrons. The fourth-order valence-corrected chi connectivity index (χ4v) is 2.65. The third kappa shape index (κ3) is 2.28. The molecule has 1 fully saturated rings. The zero-order valence-electron chi connectivity index (χ0n) is 11.4. The Morgan fingerprint density at radius 2 is 2.32 bits per heavy atom. The Bertz CT molecular complexity index is 567. The Morgan fingerprint density at radius 3 is 3.16 bits per heavy atom. The molecule has 6 heteroatoms. The van der Waals surface area contributed by atoms with Crippen LogP contribution in [0.25, 0.3) is 11.0 Å². The molecule has 1 saturated heterocycles. The van der Waals surface area contributed by atoms with Crippen LogP contribution in [0.4, 0.5) is 5.82 Å². The molecule has 0 radical (unpaired) electrons. The van der Waals surface area contributed by atoms with Gasteiger partial charge in [-0.25, -0.2) is 9.97 Å². The van der Waals surface area contributed by atoms with Gasteiger partial charge in [0.25, 0.3) is 0 Å². The number of hydrogen-bond acceptors (Lipinski definition) is 5. The van der Waals surface area contributed by atoms with Crippen molar-refractivity contribution in [3.8, 4) is 0 Å². The molecule has 19 heavy (non-hydrogen) atoms. The van der Waals surface area contributed by atoms with Crippen LogP contribution in [0.15, 0.2) is 12.5 Å². The Balaban J connectivity index is 1.82. The zero-order valence-corrected chi connectivity index (χ0v) is 11.4. The summed E-state index contributed by atoms with van der Waals surface area (Å²) >= 11 is 0. The monoisotopic (exact) mass is 261 g/mol. The van der Waals surface area contributed by atoms with E-state index in [4.69, 9.17) is 4.74 Å². The van der Waals surface area contributed by atoms with Gasteiger partial charge in [0.15, 0.2) is 5.65 Å². The highest BCUT2D eigenvalue weighted by Crippen LogP contribution is 2.27. The second-order valence-corrected chi connectivity index (χ2v) is 4.96. The van der Waals surface area contributed by atoms with E-state index in [9.17, 15) is 0 Å². The van der Waals surface area contributed by atoms with Crippen LogP contribution in [-0.4, -0.2) is 46.1 Å². The fraction of sp³-hybridized carbons (Fsp3) is 0.615. The van der Waals surface area contributed by atoms with Crippen molar-refractivity contribution in [2.24, 2.45) is 13.0 Å². The maximum atomic E-state index is 5.52. The van der Waals surface area contributed by atoms with Gasteiger partial charge in [0.05, 0.1) is 18.2 Å². The van der Waals surface area contributed by atoms with E-state index >= 15 is 0 Å². The van der Waals surface area contributed by atoms with Gasteiger partial charge in [-0.05, 0) is 13.3 Å². The summed E-state index contributed by atoms with van der Waals surface area (Å²) in [5.41, 5.74) is 0.887. The third-order valence-electron chi connectivity index (χ3n) is 3.65. The largest absolute Gasteiger partial charge is 0.381 e. The minimum Gasteiger partial charge on any atom is -0.381 e. The maximum Gasteiger partial charge on any atom is 0.163 e. The minimum absolute atomic E-state index is 0.599. The Kier molecular flexibility index (Phi) is 3.33. The second-order valence-electron chi connectivity index (χ2n) is 4.96. The second kappa shape index (κ2) is 5.13. The van der Waals surface area contributed by atoms with Crippen molar-refractivity contribution in [1.29, 1.82) is 0 Å². The molecule has 0 amide bonds. The van der Waals surface area contributed by atoms with Gasteiger partial charge in [-0.3, -0.25) is 4.68 Å². The Hall–Kier alpha value is -1.69. The van der Waals surface area contributed by atoms with Crippen LogP contribution in [0.3, 0.4) is 0 Å². The average molecular weight is 261 g/mol. The van der Waals surface area contributed by atoms with E-state index in [1.165, 1.54) is 0 Å². The summed E-state index contributed by atoms with van der Waals surface area (Å²) in [6.07, 6.45) is 4.63. The molecule has 0 spiro atoms. The summed E-state index contributed by atoms with van der Waals surface area (Å²) in [5, 5.41) is 5.29. The summed E-state index contributed by atoms with van der Waals surface area (Å²) in [4.78, 5) is 11.0. The molecular formula is C13H19N5O. The summed E-state index contributed by atoms with van der Waals surface area (Å²) in [6.45, 7) is 5.70. The smallest absolute Gasteiger partial charge is 0.163 e. The summed E-state index contributed by atoms with van der Waals surface area (Å²) < 4.78 is 7.30. The Labute approximate surface area is 112 Å². The van der Waals surface area contributed by atoms with Gasteiger partial charge < -0.3 is 9.64 Å². The summed E-state index contributed by atoms with van der Waals surface area (Å²) in [6, 6.07) is 0. The summed E-state index contributed by atoms with van der Waals surface area (Å²) in [7, 11) is 1.90. The van der Waals surface area contributed by atoms with Gasteiger partial charge in [-0.15, -0.1) is 0 Å². The van der Waals surface area contributed by atoms with Gasteiger partial charge in [-0.2, -0.15) is 5.10 Å². The number of anilines is 1. The van der Waals surface area contributed by atoms with E-state index < -0.39 is 0 Å². The first-order valence-electron chi connectivity index (χ1n) is 6.75. The first-order chi connectivity index (χ1) is 9.29. The lowest BCUT2D eigenvalue weighted by Gasteiger charge is -2.17. The molecule has 1 aliphatic heterocycles. The highest BCUT2D eigenvalue weighted by Gasteiger charge is 2.25. The van der Waals surface area contributed by atoms with Crippen LogP contribution in [-0.2, 0) is 11.8 Å². The van der Waals surface area contributed by atoms with Gasteiger partial charge in [-0.1, -0.05) is 0 Å². The molecule has 3 heterocycles. The number of ether oxygens (including phenoxy) is 1. The number of aryl methyl sites for hydroxylation is 1. The third-order valence-corrected chi connectivity index (χ3v) is 3.65. The van der Waals surface area contributed by atoms with Crippen molar-refractivity contribution in [2.45, 2.75) is 13.3 Å². The SMILES string of the molecule is CCOCC1CCN(c2ncnc3c2cnn3C)C1. The highest BCUT2D eigenvalue weighted by molar-refractivity contribution is 5.86. The van der Waals surface area contributed by atoms with Crippen LogP contribution in [0, 0.1) is 5.92 Å². The first kappa shape index (κ1) is 12.3. The molecule has 1 aliphatic rings. The zero-order chi connectivity index (χ0) is 13.2. The molecule has 1 atom stereocenters. The molecule has 2 aromatic rings. The van der Waals surface area contributed by atoms with E-state index in [0.29, 0.717) is 5.92 Å². The van der Waals surface area contributed by atoms with E-state index in [-0.39, 0.29) is 0 Å². The van der Waals surface area contributed by atoms with Crippen LogP contribution in [0.1, 0.15) is 13.3 Å². The number of rotatable bonds is 4. The van der Waals surface area contributed by atoms with Gasteiger partial charge in [0.1, 0.15) is 12.1 Å². The van der Waals surface area contributed by atoms with Crippen LogP contribution in [0.2, 0.25) is 0 Å². The van der Waals surface area contributed by atoms with E-state index in [1.54, 1.807) is 11.0 Å². The number of aromatic nitrogens is 4. The predicted octanol–water partition coefficient (Wildman–Crippen LogP) is 1.23. The molecule has 3 rings (SSSR count). The molecule has 2 aromatic heterocycles. The summed E-state index contributed by atoms with van der Waals surface area (Å²) in [5.74, 6) is 1.60. The molecule has 1 unspecified atom stereocenters. The predicted molar refractivity (Wildman–Crippen MR) is 73.1 cm³/mol. The van der Waals surface area contributed by atoms with Gasteiger partial charge >= 0.3 is 0 Å². The molecule has 6 nitrogen and oxygen atoms in total. The maximum absolute atomic E-state index is 5.52. The van der Waals surface area contributed by atoms with Crippen molar-refractivity contribution in [1.82, 2.24) is 19.7 Å². The number of hydrogen-bond donors (Lipinski definition) is 0. The van der Waals surface area contributed by atoms with Crippen LogP contribution in [0.5, 0.6) is 0 Å². The lowest BCUT2D eigenvalue weighted by atomic mass is 10.1. The van der Waals surface area contributed by atoms with E-state index in [0.717, 1.165) is 49.6 Å². The van der Waals surface area contributed by atoms with Crippen molar-refractivity contribution in [3.05, 3.63) is 12.5 Å². The van der Waals surface area contributed by atoms with E-state index in [1.807, 2.05) is 20.2 Å². The fourth-order valence-electron chi connectivity index (χ4n) is 2.65. The highest BCUT2D eigenvalue weighted by atomic mass is 16.5. The van der Waals surface area contributed by atoms with Crippen molar-refractivity contribution in [2.75, 3.05) is 31.2 Å². The number of fused-ring (bicyclic) bond motifs is 1. The first-order valence-corrected chi connectivity index (χ1v) is 6.75. The molecular weight excluding hydrogens is 242 g/mol. The van der Waals surface area contributed by atoms with Gasteiger partial charge in [0, 0.05) is 32.7 Å². The lowest BCUT2D eigenvalue weighted by Crippen LogP contribution is -2.22. The van der Waals surface area contributed by atoms with Crippen LogP contribution < -0.4 is 4.90 Å².